The molecule has 0 amide bonds. The summed E-state index contributed by atoms with van der Waals surface area (Å²) < 4.78 is 16.9. The minimum absolute atomic E-state index is 0.124. The summed E-state index contributed by atoms with van der Waals surface area (Å²) in [6.45, 7) is 7.81. The number of rotatable bonds is 9. The van der Waals surface area contributed by atoms with Gasteiger partial charge < -0.3 is 19.1 Å². The highest BCUT2D eigenvalue weighted by Crippen LogP contribution is 2.39. The van der Waals surface area contributed by atoms with Crippen LogP contribution in [0.5, 0.6) is 17.2 Å². The maximum Gasteiger partial charge on any atom is 0.231 e. The molecule has 0 spiro atoms. The smallest absolute Gasteiger partial charge is 0.231 e. The van der Waals surface area contributed by atoms with Gasteiger partial charge in [0.15, 0.2) is 18.1 Å². The highest BCUT2D eigenvalue weighted by molar-refractivity contribution is 6.15. The minimum atomic E-state index is -0.170. The molecule has 0 saturated heterocycles. The first-order valence-electron chi connectivity index (χ1n) is 11.7. The van der Waals surface area contributed by atoms with Gasteiger partial charge in [0.1, 0.15) is 17.2 Å². The van der Waals surface area contributed by atoms with Gasteiger partial charge in [0.05, 0.1) is 12.7 Å². The van der Waals surface area contributed by atoms with Crippen molar-refractivity contribution in [3.8, 4) is 17.2 Å². The van der Waals surface area contributed by atoms with Crippen LogP contribution in [-0.2, 0) is 0 Å². The zero-order valence-corrected chi connectivity index (χ0v) is 20.5. The molecule has 6 nitrogen and oxygen atoms in total. The summed E-state index contributed by atoms with van der Waals surface area (Å²) in [6, 6.07) is 18.3. The largest absolute Gasteiger partial charge is 0.497 e. The Morgan fingerprint density at radius 3 is 2.29 bits per heavy atom. The van der Waals surface area contributed by atoms with Crippen molar-refractivity contribution in [2.45, 2.75) is 20.8 Å². The molecule has 0 bridgehead atoms. The van der Waals surface area contributed by atoms with Gasteiger partial charge >= 0.3 is 0 Å². The number of allylic oxidation sites excluding steroid dienone is 1. The third kappa shape index (κ3) is 5.06. The summed E-state index contributed by atoms with van der Waals surface area (Å²) in [6.07, 6.45) is 1.75. The molecular formula is C29H29NO5. The molecule has 0 atom stereocenters. The summed E-state index contributed by atoms with van der Waals surface area (Å²) in [5.74, 6) is 1.60. The minimum Gasteiger partial charge on any atom is -0.497 e. The zero-order chi connectivity index (χ0) is 24.9. The molecule has 1 heterocycles. The molecule has 1 aliphatic rings. The molecule has 0 N–H and O–H groups in total. The Labute approximate surface area is 205 Å². The predicted octanol–water partition coefficient (Wildman–Crippen LogP) is 5.73. The molecule has 0 aromatic heterocycles. The number of methoxy groups -OCH3 is 1. The van der Waals surface area contributed by atoms with Crippen LogP contribution in [0.15, 0.2) is 66.4 Å². The number of carbonyl (C=O) groups is 2. The fourth-order valence-electron chi connectivity index (χ4n) is 4.05. The lowest BCUT2D eigenvalue weighted by atomic mass is 10.1. The number of hydrogen-bond acceptors (Lipinski definition) is 6. The molecule has 3 aromatic carbocycles. The predicted molar refractivity (Wildman–Crippen MR) is 137 cm³/mol. The Morgan fingerprint density at radius 2 is 1.66 bits per heavy atom. The van der Waals surface area contributed by atoms with Crippen LogP contribution in [0.4, 0.5) is 5.69 Å². The van der Waals surface area contributed by atoms with Crippen molar-refractivity contribution in [1.29, 1.82) is 0 Å². The van der Waals surface area contributed by atoms with Gasteiger partial charge in [-0.2, -0.15) is 0 Å². The lowest BCUT2D eigenvalue weighted by Gasteiger charge is -2.20. The fraction of sp³-hybridized carbons (Fsp3) is 0.241. The molecule has 0 aliphatic carbocycles. The van der Waals surface area contributed by atoms with Gasteiger partial charge in [-0.3, -0.25) is 9.59 Å². The van der Waals surface area contributed by atoms with E-state index in [2.05, 4.69) is 18.7 Å². The quantitative estimate of drug-likeness (QED) is 0.293. The maximum absolute atomic E-state index is 12.9. The first-order valence-corrected chi connectivity index (χ1v) is 11.7. The fourth-order valence-corrected chi connectivity index (χ4v) is 4.05. The van der Waals surface area contributed by atoms with Crippen LogP contribution in [0.1, 0.15) is 45.7 Å². The summed E-state index contributed by atoms with van der Waals surface area (Å²) in [4.78, 5) is 27.7. The van der Waals surface area contributed by atoms with E-state index in [4.69, 9.17) is 14.2 Å². The first-order chi connectivity index (χ1) is 16.9. The van der Waals surface area contributed by atoms with Gasteiger partial charge in [-0.05, 0) is 80.9 Å². The number of hydrogen-bond donors (Lipinski definition) is 0. The van der Waals surface area contributed by atoms with Gasteiger partial charge in [-0.15, -0.1) is 0 Å². The van der Waals surface area contributed by atoms with Crippen LogP contribution >= 0.6 is 0 Å². The summed E-state index contributed by atoms with van der Waals surface area (Å²) in [7, 11) is 1.58. The standard InChI is InChI=1S/C29H29NO5/c1-5-30(6-2)22-11-7-20(8-12-22)17-27-28(32)24-15-16-26(19(3)29(24)35-27)34-18-25(31)21-9-13-23(33-4)14-10-21/h7-17H,5-6,18H2,1-4H3/b27-17-. The molecule has 1 aliphatic heterocycles. The van der Waals surface area contributed by atoms with Gasteiger partial charge in [-0.1, -0.05) is 12.1 Å². The molecule has 0 saturated carbocycles. The average molecular weight is 472 g/mol. The topological polar surface area (TPSA) is 65.1 Å². The number of fused-ring (bicyclic) bond motifs is 1. The van der Waals surface area contributed by atoms with Crippen LogP contribution in [0.2, 0.25) is 0 Å². The molecule has 0 radical (unpaired) electrons. The van der Waals surface area contributed by atoms with Crippen LogP contribution in [0, 0.1) is 6.92 Å². The summed E-state index contributed by atoms with van der Waals surface area (Å²) in [5, 5.41) is 0. The SMILES string of the molecule is CCN(CC)c1ccc(/C=C2\Oc3c(ccc(OCC(=O)c4ccc(OC)cc4)c3C)C2=O)cc1. The normalized spacial score (nSPS) is 13.4. The molecule has 35 heavy (non-hydrogen) atoms. The van der Waals surface area contributed by atoms with Crippen molar-refractivity contribution in [2.75, 3.05) is 31.7 Å². The number of Topliss-reactive ketones (excluding diaryl/α,β-unsaturated/α-hetero) is 2. The van der Waals surface area contributed by atoms with E-state index in [1.807, 2.05) is 31.2 Å². The third-order valence-electron chi connectivity index (χ3n) is 6.13. The maximum atomic E-state index is 12.9. The Kier molecular flexibility index (Phi) is 7.20. The Morgan fingerprint density at radius 1 is 0.971 bits per heavy atom. The van der Waals surface area contributed by atoms with E-state index in [0.717, 1.165) is 24.3 Å². The van der Waals surface area contributed by atoms with Crippen molar-refractivity contribution in [3.63, 3.8) is 0 Å². The van der Waals surface area contributed by atoms with Crippen LogP contribution in [0.25, 0.3) is 6.08 Å². The van der Waals surface area contributed by atoms with E-state index >= 15 is 0 Å². The van der Waals surface area contributed by atoms with E-state index in [9.17, 15) is 9.59 Å². The van der Waals surface area contributed by atoms with Crippen molar-refractivity contribution in [2.24, 2.45) is 0 Å². The molecule has 6 heteroatoms. The van der Waals surface area contributed by atoms with Gasteiger partial charge in [0, 0.05) is 29.9 Å². The number of carbonyl (C=O) groups excluding carboxylic acids is 2. The second kappa shape index (κ2) is 10.5. The summed E-state index contributed by atoms with van der Waals surface area (Å²) >= 11 is 0. The Bertz CT molecular complexity index is 1260. The van der Waals surface area contributed by atoms with Crippen molar-refractivity contribution >= 4 is 23.3 Å². The van der Waals surface area contributed by atoms with Crippen LogP contribution < -0.4 is 19.1 Å². The van der Waals surface area contributed by atoms with E-state index in [1.54, 1.807) is 49.6 Å². The van der Waals surface area contributed by atoms with E-state index < -0.39 is 0 Å². The molecule has 180 valence electrons. The van der Waals surface area contributed by atoms with E-state index in [0.29, 0.717) is 33.9 Å². The number of anilines is 1. The molecule has 3 aromatic rings. The Balaban J connectivity index is 1.47. The molecular weight excluding hydrogens is 442 g/mol. The summed E-state index contributed by atoms with van der Waals surface area (Å²) in [5.41, 5.74) is 3.73. The van der Waals surface area contributed by atoms with E-state index in [-0.39, 0.29) is 23.9 Å². The molecule has 4 rings (SSSR count). The third-order valence-corrected chi connectivity index (χ3v) is 6.13. The lowest BCUT2D eigenvalue weighted by Crippen LogP contribution is -2.21. The highest BCUT2D eigenvalue weighted by atomic mass is 16.5. The molecule has 0 fully saturated rings. The van der Waals surface area contributed by atoms with E-state index in [1.165, 1.54) is 0 Å². The van der Waals surface area contributed by atoms with Gasteiger partial charge in [-0.25, -0.2) is 0 Å². The highest BCUT2D eigenvalue weighted by Gasteiger charge is 2.30. The van der Waals surface area contributed by atoms with Crippen molar-refractivity contribution in [1.82, 2.24) is 0 Å². The van der Waals surface area contributed by atoms with Gasteiger partial charge in [0.2, 0.25) is 5.78 Å². The second-order valence-electron chi connectivity index (χ2n) is 8.21. The van der Waals surface area contributed by atoms with Gasteiger partial charge in [0.25, 0.3) is 0 Å². The number of nitrogens with zero attached hydrogens (tertiary/aromatic N) is 1. The van der Waals surface area contributed by atoms with Crippen molar-refractivity contribution < 1.29 is 23.8 Å². The number of benzene rings is 3. The number of ketones is 2. The molecule has 0 unspecified atom stereocenters. The Hall–Kier alpha value is -4.06. The number of ether oxygens (including phenoxy) is 3. The zero-order valence-electron chi connectivity index (χ0n) is 20.5. The lowest BCUT2D eigenvalue weighted by molar-refractivity contribution is 0.0920. The van der Waals surface area contributed by atoms with Crippen molar-refractivity contribution in [3.05, 3.63) is 88.7 Å². The monoisotopic (exact) mass is 471 g/mol. The first kappa shape index (κ1) is 24.1. The average Bonchev–Trinajstić information content (AvgIpc) is 3.21. The van der Waals surface area contributed by atoms with Crippen LogP contribution in [0.3, 0.4) is 0 Å². The van der Waals surface area contributed by atoms with Crippen LogP contribution in [-0.4, -0.2) is 38.4 Å². The second-order valence-corrected chi connectivity index (χ2v) is 8.21.